The second-order valence-corrected chi connectivity index (χ2v) is 12.4. The summed E-state index contributed by atoms with van der Waals surface area (Å²) in [4.78, 5) is 52.3. The van der Waals surface area contributed by atoms with Gasteiger partial charge >= 0.3 is 11.9 Å². The molecular weight excluding hydrogens is 712 g/mol. The lowest BCUT2D eigenvalue weighted by Gasteiger charge is -2.27. The van der Waals surface area contributed by atoms with Crippen LogP contribution in [0.3, 0.4) is 0 Å². The molecule has 2 aromatic heterocycles. The number of carbonyl (C=O) groups is 4. The van der Waals surface area contributed by atoms with Crippen molar-refractivity contribution in [1.82, 2.24) is 9.80 Å². The quantitative estimate of drug-likeness (QED) is 0.332. The van der Waals surface area contributed by atoms with Gasteiger partial charge in [0.25, 0.3) is 0 Å². The van der Waals surface area contributed by atoms with E-state index in [-0.39, 0.29) is 30.9 Å². The largest absolute Gasteiger partial charge is 0.465 e. The lowest BCUT2D eigenvalue weighted by atomic mass is 10.3. The van der Waals surface area contributed by atoms with E-state index in [2.05, 4.69) is 49.7 Å². The summed E-state index contributed by atoms with van der Waals surface area (Å²) in [7, 11) is 2.70. The Bertz CT molecular complexity index is 1460. The Hall–Kier alpha value is -3.44. The van der Waals surface area contributed by atoms with Crippen LogP contribution in [0.1, 0.15) is 55.8 Å². The number of hydrogen-bond acceptors (Lipinski definition) is 12. The predicted molar refractivity (Wildman–Crippen MR) is 186 cm³/mol. The van der Waals surface area contributed by atoms with Gasteiger partial charge in [0, 0.05) is 43.5 Å². The summed E-state index contributed by atoms with van der Waals surface area (Å²) >= 11 is 5.89. The number of nitrogens with one attached hydrogen (secondary N) is 1. The third-order valence-corrected chi connectivity index (χ3v) is 9.22. The summed E-state index contributed by atoms with van der Waals surface area (Å²) in [5.74, 6) is 11.1. The van der Waals surface area contributed by atoms with Gasteiger partial charge in [-0.3, -0.25) is 9.59 Å². The van der Waals surface area contributed by atoms with Crippen molar-refractivity contribution >= 4 is 68.0 Å². The van der Waals surface area contributed by atoms with E-state index in [0.717, 1.165) is 27.1 Å². The standard InChI is InChI=1S/C16H20N2O4S.C10H9BrO2S.C6H12N2O2/c1-3-4-5-12-10-13(15(23-12)16(20)21-2)17-11-14(19)18-6-8-22-9-7-18;1-3-4-5-7-6-8(11)9(14-7)10(12)13-2;7-5-6(9)8-1-3-10-4-2-8/h10,17H,3,6-9,11H2,1-2H3;6H,3H2,1-2H3;1-5,7H2. The smallest absolute Gasteiger partial charge is 0.350 e. The Morgan fingerprint density at radius 3 is 1.79 bits per heavy atom. The van der Waals surface area contributed by atoms with Crippen LogP contribution in [0.15, 0.2) is 16.6 Å². The molecule has 4 heterocycles. The number of nitrogens with zero attached hydrogens (tertiary/aromatic N) is 2. The fourth-order valence-electron chi connectivity index (χ4n) is 3.88. The molecule has 2 amide bonds. The normalized spacial score (nSPS) is 13.6. The van der Waals surface area contributed by atoms with Crippen molar-refractivity contribution in [2.75, 3.05) is 85.2 Å². The van der Waals surface area contributed by atoms with Crippen LogP contribution in [-0.2, 0) is 28.5 Å². The van der Waals surface area contributed by atoms with Crippen molar-refractivity contribution in [3.8, 4) is 23.7 Å². The van der Waals surface area contributed by atoms with Gasteiger partial charge in [-0.25, -0.2) is 9.59 Å². The number of hydrogen-bond donors (Lipinski definition) is 2. The summed E-state index contributed by atoms with van der Waals surface area (Å²) in [6.07, 6.45) is 1.55. The first-order chi connectivity index (χ1) is 22.7. The van der Waals surface area contributed by atoms with Gasteiger partial charge in [0.2, 0.25) is 11.8 Å². The minimum Gasteiger partial charge on any atom is -0.465 e. The van der Waals surface area contributed by atoms with Gasteiger partial charge in [-0.15, -0.1) is 22.7 Å². The highest BCUT2D eigenvalue weighted by molar-refractivity contribution is 9.10. The van der Waals surface area contributed by atoms with Crippen molar-refractivity contribution in [3.05, 3.63) is 36.1 Å². The maximum atomic E-state index is 12.2. The number of thiophene rings is 2. The Morgan fingerprint density at radius 2 is 1.30 bits per heavy atom. The molecule has 47 heavy (non-hydrogen) atoms. The number of morpholine rings is 2. The van der Waals surface area contributed by atoms with Crippen molar-refractivity contribution in [1.29, 1.82) is 0 Å². The van der Waals surface area contributed by atoms with Gasteiger partial charge in [-0.1, -0.05) is 37.5 Å². The van der Waals surface area contributed by atoms with E-state index in [9.17, 15) is 19.2 Å². The van der Waals surface area contributed by atoms with Crippen LogP contribution in [0.5, 0.6) is 0 Å². The minimum atomic E-state index is -0.430. The maximum absolute atomic E-state index is 12.2. The monoisotopic (exact) mass is 752 g/mol. The molecule has 2 saturated heterocycles. The van der Waals surface area contributed by atoms with Gasteiger partial charge < -0.3 is 39.8 Å². The highest BCUT2D eigenvalue weighted by Crippen LogP contribution is 2.28. The second-order valence-electron chi connectivity index (χ2n) is 9.48. The molecule has 0 aliphatic carbocycles. The molecule has 256 valence electrons. The molecule has 0 saturated carbocycles. The Kier molecular flexibility index (Phi) is 18.8. The second kappa shape index (κ2) is 22.2. The number of rotatable bonds is 6. The first kappa shape index (κ1) is 39.7. The highest BCUT2D eigenvalue weighted by Gasteiger charge is 2.20. The van der Waals surface area contributed by atoms with Crippen LogP contribution in [0.4, 0.5) is 5.69 Å². The van der Waals surface area contributed by atoms with Gasteiger partial charge in [0.05, 0.1) is 69.2 Å². The number of carbonyl (C=O) groups excluding carboxylic acids is 4. The van der Waals surface area contributed by atoms with Crippen LogP contribution >= 0.6 is 38.6 Å². The number of esters is 2. The van der Waals surface area contributed by atoms with Gasteiger partial charge in [0.1, 0.15) is 9.75 Å². The molecule has 2 aromatic rings. The first-order valence-corrected chi connectivity index (χ1v) is 17.3. The Morgan fingerprint density at radius 1 is 0.830 bits per heavy atom. The van der Waals surface area contributed by atoms with E-state index < -0.39 is 5.97 Å². The Labute approximate surface area is 292 Å². The molecule has 0 radical (unpaired) electrons. The third kappa shape index (κ3) is 13.7. The fourth-order valence-corrected chi connectivity index (χ4v) is 6.43. The topological polar surface area (TPSA) is 150 Å². The number of anilines is 1. The summed E-state index contributed by atoms with van der Waals surface area (Å²) in [6, 6.07) is 3.62. The molecular formula is C32H41BrN4O8S2. The number of nitrogens with two attached hydrogens (primary N) is 1. The summed E-state index contributed by atoms with van der Waals surface area (Å²) < 4.78 is 20.5. The van der Waals surface area contributed by atoms with E-state index in [1.165, 1.54) is 36.9 Å². The van der Waals surface area contributed by atoms with Crippen LogP contribution in [-0.4, -0.2) is 113 Å². The summed E-state index contributed by atoms with van der Waals surface area (Å²) in [6.45, 7) is 9.18. The molecule has 0 unspecified atom stereocenters. The zero-order valence-electron chi connectivity index (χ0n) is 27.1. The molecule has 3 N–H and O–H groups in total. The lowest BCUT2D eigenvalue weighted by molar-refractivity contribution is -0.134. The summed E-state index contributed by atoms with van der Waals surface area (Å²) in [5, 5.41) is 3.03. The number of halogens is 1. The maximum Gasteiger partial charge on any atom is 0.350 e. The van der Waals surface area contributed by atoms with Crippen LogP contribution in [0.25, 0.3) is 0 Å². The van der Waals surface area contributed by atoms with Crippen LogP contribution < -0.4 is 11.1 Å². The molecule has 15 heteroatoms. The van der Waals surface area contributed by atoms with Crippen molar-refractivity contribution in [2.45, 2.75) is 26.7 Å². The molecule has 4 rings (SSSR count). The van der Waals surface area contributed by atoms with E-state index >= 15 is 0 Å². The van der Waals surface area contributed by atoms with Crippen LogP contribution in [0.2, 0.25) is 0 Å². The molecule has 0 bridgehead atoms. The summed E-state index contributed by atoms with van der Waals surface area (Å²) in [5.41, 5.74) is 5.76. The third-order valence-electron chi connectivity index (χ3n) is 6.27. The molecule has 12 nitrogen and oxygen atoms in total. The lowest BCUT2D eigenvalue weighted by Crippen LogP contribution is -2.43. The van der Waals surface area contributed by atoms with E-state index in [1.54, 1.807) is 15.9 Å². The molecule has 0 aromatic carbocycles. The minimum absolute atomic E-state index is 0.0169. The van der Waals surface area contributed by atoms with Crippen molar-refractivity contribution < 1.29 is 38.1 Å². The predicted octanol–water partition coefficient (Wildman–Crippen LogP) is 3.43. The fraction of sp³-hybridized carbons (Fsp3) is 0.500. The molecule has 0 atom stereocenters. The van der Waals surface area contributed by atoms with Gasteiger partial charge in [-0.2, -0.15) is 0 Å². The first-order valence-electron chi connectivity index (χ1n) is 14.9. The number of methoxy groups -OCH3 is 2. The molecule has 2 aliphatic rings. The van der Waals surface area contributed by atoms with E-state index in [0.29, 0.717) is 68.0 Å². The molecule has 2 fully saturated rings. The van der Waals surface area contributed by atoms with Gasteiger partial charge in [0.15, 0.2) is 0 Å². The zero-order chi connectivity index (χ0) is 34.6. The van der Waals surface area contributed by atoms with Crippen LogP contribution in [0, 0.1) is 23.7 Å². The average Bonchev–Trinajstić information content (AvgIpc) is 3.71. The average molecular weight is 754 g/mol. The highest BCUT2D eigenvalue weighted by atomic mass is 79.9. The zero-order valence-corrected chi connectivity index (χ0v) is 30.3. The Balaban J connectivity index is 0.000000271. The van der Waals surface area contributed by atoms with Crippen molar-refractivity contribution in [3.63, 3.8) is 0 Å². The van der Waals surface area contributed by atoms with Gasteiger partial charge in [-0.05, 0) is 28.1 Å². The number of ether oxygens (including phenoxy) is 4. The molecule has 0 spiro atoms. The SMILES string of the molecule is CCC#Cc1cc(Br)c(C(=O)OC)s1.CCC#Cc1cc(NCC(=O)N2CCOCC2)c(C(=O)OC)s1.NCC(=O)N1CCOCC1. The van der Waals surface area contributed by atoms with E-state index in [1.807, 2.05) is 19.9 Å². The molecule has 2 aliphatic heterocycles. The van der Waals surface area contributed by atoms with Crippen molar-refractivity contribution in [2.24, 2.45) is 5.73 Å². The van der Waals surface area contributed by atoms with E-state index in [4.69, 9.17) is 19.9 Å². The number of amides is 2.